The van der Waals surface area contributed by atoms with Crippen LogP contribution in [0.4, 0.5) is 0 Å². The third kappa shape index (κ3) is 3.09. The normalized spacial score (nSPS) is 32.1. The van der Waals surface area contributed by atoms with Crippen molar-refractivity contribution in [1.29, 1.82) is 0 Å². The fourth-order valence-corrected chi connectivity index (χ4v) is 3.38. The predicted octanol–water partition coefficient (Wildman–Crippen LogP) is 2.54. The van der Waals surface area contributed by atoms with Gasteiger partial charge in [0.05, 0.1) is 0 Å². The summed E-state index contributed by atoms with van der Waals surface area (Å²) in [5.41, 5.74) is 0. The van der Waals surface area contributed by atoms with E-state index in [1.807, 2.05) is 0 Å². The quantitative estimate of drug-likeness (QED) is 0.739. The Morgan fingerprint density at radius 1 is 1.25 bits per heavy atom. The minimum atomic E-state index is 0.655. The molecule has 2 aliphatic carbocycles. The molecule has 0 spiro atoms. The summed E-state index contributed by atoms with van der Waals surface area (Å²) < 4.78 is 0. The molecule has 2 N–H and O–H groups in total. The van der Waals surface area contributed by atoms with Crippen molar-refractivity contribution in [3.8, 4) is 0 Å². The Bertz CT molecular complexity index is 252. The lowest BCUT2D eigenvalue weighted by Gasteiger charge is -2.23. The first kappa shape index (κ1) is 12.2. The summed E-state index contributed by atoms with van der Waals surface area (Å²) in [6.45, 7) is 6.46. The Labute approximate surface area is 105 Å². The minimum Gasteiger partial charge on any atom is -0.362 e. The number of rotatable bonds is 4. The largest absolute Gasteiger partial charge is 0.362 e. The molecule has 3 atom stereocenters. The molecular weight excluding hydrogens is 216 g/mol. The lowest BCUT2D eigenvalue weighted by molar-refractivity contribution is 0.332. The van der Waals surface area contributed by atoms with Gasteiger partial charge in [-0.05, 0) is 55.2 Å². The van der Waals surface area contributed by atoms with E-state index in [-0.39, 0.29) is 0 Å². The molecule has 2 nitrogen and oxygen atoms in total. The summed E-state index contributed by atoms with van der Waals surface area (Å²) >= 11 is 5.27. The molecule has 0 heterocycles. The van der Waals surface area contributed by atoms with Crippen molar-refractivity contribution in [2.75, 3.05) is 13.1 Å². The molecule has 2 fully saturated rings. The summed E-state index contributed by atoms with van der Waals surface area (Å²) in [7, 11) is 0. The van der Waals surface area contributed by atoms with Crippen molar-refractivity contribution in [3.05, 3.63) is 0 Å². The van der Waals surface area contributed by atoms with E-state index >= 15 is 0 Å². The average Bonchev–Trinajstić information content (AvgIpc) is 2.84. The van der Waals surface area contributed by atoms with Crippen LogP contribution in [0.25, 0.3) is 0 Å². The second-order valence-corrected chi connectivity index (χ2v) is 6.33. The molecule has 2 rings (SSSR count). The first-order chi connectivity index (χ1) is 7.65. The highest BCUT2D eigenvalue weighted by atomic mass is 32.1. The van der Waals surface area contributed by atoms with Crippen LogP contribution in [0.5, 0.6) is 0 Å². The van der Waals surface area contributed by atoms with E-state index in [9.17, 15) is 0 Å². The van der Waals surface area contributed by atoms with Crippen LogP contribution in [0.1, 0.15) is 39.5 Å². The molecule has 0 aromatic rings. The van der Waals surface area contributed by atoms with Crippen molar-refractivity contribution in [2.45, 2.75) is 39.5 Å². The van der Waals surface area contributed by atoms with Gasteiger partial charge in [-0.15, -0.1) is 0 Å². The average molecular weight is 240 g/mol. The Kier molecular flexibility index (Phi) is 4.06. The van der Waals surface area contributed by atoms with Gasteiger partial charge in [-0.1, -0.05) is 20.3 Å². The highest BCUT2D eigenvalue weighted by Crippen LogP contribution is 2.47. The van der Waals surface area contributed by atoms with Gasteiger partial charge in [0.1, 0.15) is 0 Å². The van der Waals surface area contributed by atoms with Crippen molar-refractivity contribution in [3.63, 3.8) is 0 Å². The topological polar surface area (TPSA) is 24.1 Å². The maximum atomic E-state index is 5.27. The number of thiocarbonyl (C=S) groups is 1. The van der Waals surface area contributed by atoms with Gasteiger partial charge in [0.2, 0.25) is 0 Å². The molecule has 2 aliphatic rings. The molecule has 3 heteroatoms. The summed E-state index contributed by atoms with van der Waals surface area (Å²) in [6, 6.07) is 0. The van der Waals surface area contributed by atoms with Crippen molar-refractivity contribution >= 4 is 17.3 Å². The Balaban J connectivity index is 1.62. The van der Waals surface area contributed by atoms with E-state index in [2.05, 4.69) is 24.5 Å². The lowest BCUT2D eigenvalue weighted by atomic mass is 9.89. The van der Waals surface area contributed by atoms with Gasteiger partial charge in [-0.25, -0.2) is 0 Å². The van der Waals surface area contributed by atoms with Gasteiger partial charge in [-0.3, -0.25) is 0 Å². The Hall–Kier alpha value is -0.310. The molecule has 3 unspecified atom stereocenters. The van der Waals surface area contributed by atoms with E-state index < -0.39 is 0 Å². The Morgan fingerprint density at radius 2 is 2.06 bits per heavy atom. The van der Waals surface area contributed by atoms with Gasteiger partial charge in [0, 0.05) is 13.1 Å². The number of hydrogen-bond acceptors (Lipinski definition) is 1. The highest BCUT2D eigenvalue weighted by Gasteiger charge is 2.39. The summed E-state index contributed by atoms with van der Waals surface area (Å²) in [4.78, 5) is 0. The SMILES string of the molecule is CC(C)CNC(=S)NCC1CC2CCC1C2. The van der Waals surface area contributed by atoms with Crippen LogP contribution >= 0.6 is 12.2 Å². The summed E-state index contributed by atoms with van der Waals surface area (Å²) in [6.07, 6.45) is 5.86. The molecule has 0 aromatic heterocycles. The van der Waals surface area contributed by atoms with Crippen molar-refractivity contribution in [2.24, 2.45) is 23.7 Å². The highest BCUT2D eigenvalue weighted by molar-refractivity contribution is 7.80. The van der Waals surface area contributed by atoms with Crippen LogP contribution in [-0.4, -0.2) is 18.2 Å². The molecule has 0 saturated heterocycles. The second kappa shape index (κ2) is 5.35. The third-order valence-electron chi connectivity index (χ3n) is 4.08. The summed E-state index contributed by atoms with van der Waals surface area (Å²) in [5.74, 6) is 3.57. The van der Waals surface area contributed by atoms with Crippen LogP contribution in [-0.2, 0) is 0 Å². The van der Waals surface area contributed by atoms with E-state index in [1.54, 1.807) is 0 Å². The summed E-state index contributed by atoms with van der Waals surface area (Å²) in [5, 5.41) is 7.50. The van der Waals surface area contributed by atoms with Gasteiger partial charge in [0.15, 0.2) is 5.11 Å². The van der Waals surface area contributed by atoms with Gasteiger partial charge >= 0.3 is 0 Å². The third-order valence-corrected chi connectivity index (χ3v) is 4.37. The molecule has 2 bridgehead atoms. The van der Waals surface area contributed by atoms with E-state index in [0.717, 1.165) is 36.0 Å². The van der Waals surface area contributed by atoms with E-state index in [1.165, 1.54) is 25.7 Å². The van der Waals surface area contributed by atoms with Crippen LogP contribution in [0.2, 0.25) is 0 Å². The molecular formula is C13H24N2S. The number of hydrogen-bond donors (Lipinski definition) is 2. The first-order valence-corrected chi connectivity index (χ1v) is 7.07. The van der Waals surface area contributed by atoms with E-state index in [4.69, 9.17) is 12.2 Å². The zero-order chi connectivity index (χ0) is 11.5. The molecule has 92 valence electrons. The van der Waals surface area contributed by atoms with Gasteiger partial charge < -0.3 is 10.6 Å². The van der Waals surface area contributed by atoms with Gasteiger partial charge in [0.25, 0.3) is 0 Å². The van der Waals surface area contributed by atoms with Gasteiger partial charge in [-0.2, -0.15) is 0 Å². The van der Waals surface area contributed by atoms with Crippen LogP contribution < -0.4 is 10.6 Å². The maximum Gasteiger partial charge on any atom is 0.166 e. The standard InChI is InChI=1S/C13H24N2S/c1-9(2)7-14-13(16)15-8-12-6-10-3-4-11(12)5-10/h9-12H,3-8H2,1-2H3,(H2,14,15,16). The van der Waals surface area contributed by atoms with Crippen molar-refractivity contribution < 1.29 is 0 Å². The molecule has 0 amide bonds. The Morgan fingerprint density at radius 3 is 2.62 bits per heavy atom. The van der Waals surface area contributed by atoms with Crippen LogP contribution in [0.3, 0.4) is 0 Å². The predicted molar refractivity (Wildman–Crippen MR) is 72.4 cm³/mol. The smallest absolute Gasteiger partial charge is 0.166 e. The molecule has 0 aromatic carbocycles. The van der Waals surface area contributed by atoms with Crippen LogP contribution in [0, 0.1) is 23.7 Å². The maximum absolute atomic E-state index is 5.27. The fraction of sp³-hybridized carbons (Fsp3) is 0.923. The molecule has 0 radical (unpaired) electrons. The minimum absolute atomic E-state index is 0.655. The zero-order valence-electron chi connectivity index (χ0n) is 10.5. The fourth-order valence-electron chi connectivity index (χ4n) is 3.21. The molecule has 2 saturated carbocycles. The molecule has 16 heavy (non-hydrogen) atoms. The van der Waals surface area contributed by atoms with E-state index in [0.29, 0.717) is 5.92 Å². The number of fused-ring (bicyclic) bond motifs is 2. The van der Waals surface area contributed by atoms with Crippen LogP contribution in [0.15, 0.2) is 0 Å². The number of nitrogens with one attached hydrogen (secondary N) is 2. The lowest BCUT2D eigenvalue weighted by Crippen LogP contribution is -2.40. The zero-order valence-corrected chi connectivity index (χ0v) is 11.3. The monoisotopic (exact) mass is 240 g/mol. The molecule has 0 aliphatic heterocycles. The second-order valence-electron chi connectivity index (χ2n) is 5.92. The van der Waals surface area contributed by atoms with Crippen molar-refractivity contribution in [1.82, 2.24) is 10.6 Å². The first-order valence-electron chi connectivity index (χ1n) is 6.67.